The molecule has 3 aromatic rings. The number of carbonyl (C=O) groups is 1. The van der Waals surface area contributed by atoms with Gasteiger partial charge < -0.3 is 14.2 Å². The molecule has 178 valence electrons. The van der Waals surface area contributed by atoms with Gasteiger partial charge in [0.15, 0.2) is 11.5 Å². The lowest BCUT2D eigenvalue weighted by molar-refractivity contribution is -0.140. The average Bonchev–Trinajstić information content (AvgIpc) is 3.53. The molecule has 0 N–H and O–H groups in total. The molecule has 0 bridgehead atoms. The minimum atomic E-state index is -0.315. The molecule has 0 heterocycles. The first-order valence-electron chi connectivity index (χ1n) is 12.3. The van der Waals surface area contributed by atoms with E-state index in [1.165, 1.54) is 42.2 Å². The van der Waals surface area contributed by atoms with Crippen LogP contribution >= 0.6 is 0 Å². The van der Waals surface area contributed by atoms with Crippen molar-refractivity contribution in [3.63, 3.8) is 0 Å². The van der Waals surface area contributed by atoms with Crippen molar-refractivity contribution in [3.8, 4) is 34.5 Å². The summed E-state index contributed by atoms with van der Waals surface area (Å²) in [4.78, 5) is 12.2. The number of fused-ring (bicyclic) bond motifs is 3. The molecule has 2 aliphatic carbocycles. The van der Waals surface area contributed by atoms with Crippen molar-refractivity contribution in [2.24, 2.45) is 0 Å². The van der Waals surface area contributed by atoms with Gasteiger partial charge in [-0.2, -0.15) is 0 Å². The van der Waals surface area contributed by atoms with E-state index in [1.54, 1.807) is 7.11 Å². The molecule has 0 amide bonds. The zero-order valence-electron chi connectivity index (χ0n) is 20.3. The maximum absolute atomic E-state index is 12.2. The van der Waals surface area contributed by atoms with Crippen LogP contribution in [0.3, 0.4) is 0 Å². The third-order valence-electron chi connectivity index (χ3n) is 6.97. The summed E-state index contributed by atoms with van der Waals surface area (Å²) in [6.07, 6.45) is 5.80. The Bertz CT molecular complexity index is 1290. The van der Waals surface area contributed by atoms with E-state index in [2.05, 4.69) is 54.3 Å². The molecule has 0 aliphatic heterocycles. The van der Waals surface area contributed by atoms with Crippen molar-refractivity contribution >= 4 is 5.97 Å². The first kappa shape index (κ1) is 23.1. The maximum Gasteiger partial charge on any atom is 0.307 e. The highest BCUT2D eigenvalue weighted by Crippen LogP contribution is 2.37. The molecular weight excluding hydrogens is 436 g/mol. The van der Waals surface area contributed by atoms with Crippen molar-refractivity contribution in [2.75, 3.05) is 14.2 Å². The Kier molecular flexibility index (Phi) is 6.77. The number of methoxy groups -OCH3 is 2. The van der Waals surface area contributed by atoms with E-state index in [0.29, 0.717) is 11.5 Å². The summed E-state index contributed by atoms with van der Waals surface area (Å²) in [7, 11) is 3.06. The Hall–Kier alpha value is -3.71. The Morgan fingerprint density at radius 3 is 2.54 bits per heavy atom. The van der Waals surface area contributed by atoms with Crippen molar-refractivity contribution in [1.82, 2.24) is 0 Å². The van der Waals surface area contributed by atoms with Gasteiger partial charge in [-0.1, -0.05) is 48.2 Å². The topological polar surface area (TPSA) is 44.8 Å². The zero-order valence-corrected chi connectivity index (χ0v) is 20.3. The van der Waals surface area contributed by atoms with Crippen molar-refractivity contribution in [1.29, 1.82) is 0 Å². The summed E-state index contributed by atoms with van der Waals surface area (Å²) < 4.78 is 16.8. The normalized spacial score (nSPS) is 14.9. The van der Waals surface area contributed by atoms with E-state index in [0.717, 1.165) is 30.4 Å². The van der Waals surface area contributed by atoms with Gasteiger partial charge in [0.2, 0.25) is 0 Å². The molecule has 0 saturated heterocycles. The summed E-state index contributed by atoms with van der Waals surface area (Å²) in [6, 6.07) is 20.7. The van der Waals surface area contributed by atoms with Crippen molar-refractivity contribution in [3.05, 3.63) is 82.9 Å². The van der Waals surface area contributed by atoms with Gasteiger partial charge >= 0.3 is 5.97 Å². The fourth-order valence-electron chi connectivity index (χ4n) is 5.08. The molecule has 0 spiro atoms. The van der Waals surface area contributed by atoms with Gasteiger partial charge in [0.25, 0.3) is 0 Å². The van der Waals surface area contributed by atoms with Crippen molar-refractivity contribution < 1.29 is 19.0 Å². The van der Waals surface area contributed by atoms with Gasteiger partial charge in [0.1, 0.15) is 0 Å². The zero-order chi connectivity index (χ0) is 24.2. The molecule has 4 heteroatoms. The monoisotopic (exact) mass is 466 g/mol. The summed E-state index contributed by atoms with van der Waals surface area (Å²) in [5.41, 5.74) is 7.09. The van der Waals surface area contributed by atoms with Crippen LogP contribution in [0.4, 0.5) is 0 Å². The molecule has 0 radical (unpaired) electrons. The van der Waals surface area contributed by atoms with Crippen molar-refractivity contribution in [2.45, 2.75) is 50.5 Å². The number of ether oxygens (including phenoxy) is 3. The quantitative estimate of drug-likeness (QED) is 0.248. The van der Waals surface area contributed by atoms with E-state index < -0.39 is 0 Å². The summed E-state index contributed by atoms with van der Waals surface area (Å²) >= 11 is 0. The number of rotatable bonds is 6. The van der Waals surface area contributed by atoms with E-state index in [9.17, 15) is 4.79 Å². The number of carbonyl (C=O) groups excluding carboxylic acids is 1. The molecule has 5 rings (SSSR count). The second-order valence-corrected chi connectivity index (χ2v) is 9.24. The Labute approximate surface area is 207 Å². The predicted molar refractivity (Wildman–Crippen MR) is 137 cm³/mol. The predicted octanol–water partition coefficient (Wildman–Crippen LogP) is 6.29. The average molecular weight is 467 g/mol. The van der Waals surface area contributed by atoms with Crippen LogP contribution in [-0.2, 0) is 16.0 Å². The van der Waals surface area contributed by atoms with Crippen LogP contribution < -0.4 is 9.47 Å². The number of esters is 1. The first-order valence-corrected chi connectivity index (χ1v) is 12.3. The summed E-state index contributed by atoms with van der Waals surface area (Å²) in [6.45, 7) is 0. The molecule has 35 heavy (non-hydrogen) atoms. The first-order chi connectivity index (χ1) is 17.1. The molecule has 1 atom stereocenters. The lowest BCUT2D eigenvalue weighted by Crippen LogP contribution is -2.12. The minimum Gasteiger partial charge on any atom is -0.493 e. The second-order valence-electron chi connectivity index (χ2n) is 9.24. The molecule has 1 saturated carbocycles. The van der Waals surface area contributed by atoms with E-state index >= 15 is 0 Å². The fraction of sp³-hybridized carbons (Fsp3) is 0.323. The SMILES string of the molecule is COC(=O)C[C@H](C#Cc1ccc2c(c1)Cc1ccccc1-2)c1ccc(OC)c(OC2CCCC2)c1. The lowest BCUT2D eigenvalue weighted by atomic mass is 9.95. The van der Waals surface area contributed by atoms with Gasteiger partial charge in [0.05, 0.1) is 32.7 Å². The third-order valence-corrected chi connectivity index (χ3v) is 6.97. The number of hydrogen-bond donors (Lipinski definition) is 0. The van der Waals surface area contributed by atoms with Crippen LogP contribution in [-0.4, -0.2) is 26.3 Å². The highest BCUT2D eigenvalue weighted by Gasteiger charge is 2.22. The summed E-state index contributed by atoms with van der Waals surface area (Å²) in [5, 5.41) is 0. The molecule has 1 fully saturated rings. The van der Waals surface area contributed by atoms with Gasteiger partial charge in [0, 0.05) is 5.56 Å². The summed E-state index contributed by atoms with van der Waals surface area (Å²) in [5.74, 6) is 7.47. The van der Waals surface area contributed by atoms with Crippen LogP contribution in [0.15, 0.2) is 60.7 Å². The van der Waals surface area contributed by atoms with Crippen LogP contribution in [0.1, 0.15) is 60.3 Å². The smallest absolute Gasteiger partial charge is 0.307 e. The molecule has 2 aliphatic rings. The molecule has 4 nitrogen and oxygen atoms in total. The van der Waals surface area contributed by atoms with Crippen LogP contribution in [0.5, 0.6) is 11.5 Å². The largest absolute Gasteiger partial charge is 0.493 e. The maximum atomic E-state index is 12.2. The van der Waals surface area contributed by atoms with Gasteiger partial charge in [-0.3, -0.25) is 4.79 Å². The second kappa shape index (κ2) is 10.3. The molecular formula is C31H30O4. The van der Waals surface area contributed by atoms with Gasteiger partial charge in [-0.25, -0.2) is 0 Å². The fourth-order valence-corrected chi connectivity index (χ4v) is 5.08. The van der Waals surface area contributed by atoms with E-state index in [-0.39, 0.29) is 24.4 Å². The molecule has 0 unspecified atom stereocenters. The number of benzene rings is 3. The van der Waals surface area contributed by atoms with Crippen LogP contribution in [0.2, 0.25) is 0 Å². The van der Waals surface area contributed by atoms with Crippen LogP contribution in [0.25, 0.3) is 11.1 Å². The minimum absolute atomic E-state index is 0.176. The Morgan fingerprint density at radius 2 is 1.74 bits per heavy atom. The highest BCUT2D eigenvalue weighted by molar-refractivity contribution is 5.77. The lowest BCUT2D eigenvalue weighted by Gasteiger charge is -2.18. The third kappa shape index (κ3) is 5.05. The van der Waals surface area contributed by atoms with Gasteiger partial charge in [-0.15, -0.1) is 0 Å². The highest BCUT2D eigenvalue weighted by atomic mass is 16.5. The number of hydrogen-bond acceptors (Lipinski definition) is 4. The standard InChI is InChI=1S/C31H30O4/c1-33-29-16-14-22(19-30(29)35-26-8-4-5-9-26)23(20-31(32)34-2)13-11-21-12-15-28-25(17-21)18-24-7-3-6-10-27(24)28/h3,6-7,10,12,14-17,19,23,26H,4-5,8-9,18,20H2,1-2H3/t23-/m0/s1. The Morgan fingerprint density at radius 1 is 0.943 bits per heavy atom. The molecule has 3 aromatic carbocycles. The van der Waals surface area contributed by atoms with E-state index in [4.69, 9.17) is 14.2 Å². The molecule has 0 aromatic heterocycles. The van der Waals surface area contributed by atoms with Crippen LogP contribution in [0, 0.1) is 11.8 Å². The Balaban J connectivity index is 1.43. The van der Waals surface area contributed by atoms with E-state index in [1.807, 2.05) is 18.2 Å². The van der Waals surface area contributed by atoms with Gasteiger partial charge in [-0.05, 0) is 84.2 Å².